The van der Waals surface area contributed by atoms with Crippen LogP contribution in [-0.2, 0) is 6.42 Å². The molecule has 0 saturated carbocycles. The van der Waals surface area contributed by atoms with Crippen LogP contribution in [0.1, 0.15) is 15.9 Å². The van der Waals surface area contributed by atoms with Crippen molar-refractivity contribution < 1.29 is 9.18 Å². The predicted molar refractivity (Wildman–Crippen MR) is 78.6 cm³/mol. The smallest absolute Gasteiger partial charge is 0.167 e. The number of carbonyl (C=O) groups is 1. The Bertz CT molecular complexity index is 643. The van der Waals surface area contributed by atoms with Gasteiger partial charge in [0.15, 0.2) is 5.78 Å². The van der Waals surface area contributed by atoms with E-state index in [9.17, 15) is 9.18 Å². The lowest BCUT2D eigenvalue weighted by Crippen LogP contribution is -2.05. The van der Waals surface area contributed by atoms with Gasteiger partial charge in [0.05, 0.1) is 5.02 Å². The molecule has 2 aromatic rings. The molecule has 19 heavy (non-hydrogen) atoms. The molecule has 0 N–H and O–H groups in total. The zero-order valence-electron chi connectivity index (χ0n) is 9.59. The van der Waals surface area contributed by atoms with Gasteiger partial charge >= 0.3 is 0 Å². The molecule has 2 rings (SSSR count). The van der Waals surface area contributed by atoms with Crippen LogP contribution in [0.5, 0.6) is 0 Å². The van der Waals surface area contributed by atoms with Gasteiger partial charge in [-0.1, -0.05) is 29.3 Å². The van der Waals surface area contributed by atoms with E-state index in [0.717, 1.165) is 0 Å². The monoisotopic (exact) mass is 360 g/mol. The van der Waals surface area contributed by atoms with E-state index in [-0.39, 0.29) is 12.2 Å². The molecule has 0 saturated heterocycles. The number of ketones is 1. The van der Waals surface area contributed by atoms with Gasteiger partial charge in [0.2, 0.25) is 0 Å². The normalized spacial score (nSPS) is 10.5. The third-order valence-electron chi connectivity index (χ3n) is 2.61. The summed E-state index contributed by atoms with van der Waals surface area (Å²) in [5.41, 5.74) is 0.797. The largest absolute Gasteiger partial charge is 0.294 e. The second kappa shape index (κ2) is 6.04. The number of halogens is 4. The van der Waals surface area contributed by atoms with Crippen LogP contribution < -0.4 is 0 Å². The molecule has 0 atom stereocenters. The second-order valence-electron chi connectivity index (χ2n) is 3.96. The van der Waals surface area contributed by atoms with Gasteiger partial charge in [0, 0.05) is 21.5 Å². The summed E-state index contributed by atoms with van der Waals surface area (Å²) in [7, 11) is 0. The summed E-state index contributed by atoms with van der Waals surface area (Å²) in [6, 6.07) is 9.13. The summed E-state index contributed by atoms with van der Waals surface area (Å²) in [6.45, 7) is 0. The lowest BCUT2D eigenvalue weighted by Gasteiger charge is -2.05. The molecule has 5 heteroatoms. The standard InChI is InChI=1S/C14H8BrCl2FO/c15-11-5-9(2-4-12(11)17)14(19)6-8-1-3-10(16)7-13(8)18/h1-5,7H,6H2. The van der Waals surface area contributed by atoms with E-state index < -0.39 is 5.82 Å². The van der Waals surface area contributed by atoms with Gasteiger partial charge in [0.1, 0.15) is 5.82 Å². The summed E-state index contributed by atoms with van der Waals surface area (Å²) < 4.78 is 14.2. The van der Waals surface area contributed by atoms with Crippen LogP contribution in [0.4, 0.5) is 4.39 Å². The zero-order valence-corrected chi connectivity index (χ0v) is 12.7. The second-order valence-corrected chi connectivity index (χ2v) is 5.66. The molecule has 1 nitrogen and oxygen atoms in total. The van der Waals surface area contributed by atoms with E-state index in [1.807, 2.05) is 0 Å². The molecule has 0 aliphatic carbocycles. The summed E-state index contributed by atoms with van der Waals surface area (Å²) in [5.74, 6) is -0.660. The van der Waals surface area contributed by atoms with Crippen molar-refractivity contribution in [1.29, 1.82) is 0 Å². The molecule has 0 spiro atoms. The van der Waals surface area contributed by atoms with Crippen LogP contribution in [-0.4, -0.2) is 5.78 Å². The van der Waals surface area contributed by atoms with Crippen molar-refractivity contribution in [2.24, 2.45) is 0 Å². The number of Topliss-reactive ketones (excluding diaryl/α,β-unsaturated/α-hetero) is 1. The van der Waals surface area contributed by atoms with Crippen molar-refractivity contribution in [3.63, 3.8) is 0 Å². The Labute approximate surface area is 128 Å². The fourth-order valence-electron chi connectivity index (χ4n) is 1.61. The maximum atomic E-state index is 13.6. The Morgan fingerprint density at radius 2 is 1.89 bits per heavy atom. The maximum Gasteiger partial charge on any atom is 0.167 e. The average molecular weight is 362 g/mol. The molecule has 0 aliphatic heterocycles. The van der Waals surface area contributed by atoms with Crippen LogP contribution in [0.3, 0.4) is 0 Å². The fraction of sp³-hybridized carbons (Fsp3) is 0.0714. The number of hydrogen-bond acceptors (Lipinski definition) is 1. The summed E-state index contributed by atoms with van der Waals surface area (Å²) in [6.07, 6.45) is -0.0168. The van der Waals surface area contributed by atoms with Crippen LogP contribution in [0.25, 0.3) is 0 Å². The average Bonchev–Trinajstić information content (AvgIpc) is 2.36. The van der Waals surface area contributed by atoms with Gasteiger partial charge in [-0.2, -0.15) is 0 Å². The fourth-order valence-corrected chi connectivity index (χ4v) is 2.26. The topological polar surface area (TPSA) is 17.1 Å². The molecule has 0 aromatic heterocycles. The van der Waals surface area contributed by atoms with E-state index in [0.29, 0.717) is 25.6 Å². The molecule has 0 unspecified atom stereocenters. The lowest BCUT2D eigenvalue weighted by molar-refractivity contribution is 0.0992. The Hall–Kier alpha value is -0.900. The molecular formula is C14H8BrCl2FO. The molecule has 0 heterocycles. The molecule has 2 aromatic carbocycles. The number of hydrogen-bond donors (Lipinski definition) is 0. The molecule has 98 valence electrons. The number of benzene rings is 2. The highest BCUT2D eigenvalue weighted by atomic mass is 79.9. The van der Waals surface area contributed by atoms with E-state index in [4.69, 9.17) is 23.2 Å². The highest BCUT2D eigenvalue weighted by Gasteiger charge is 2.12. The molecular weight excluding hydrogens is 354 g/mol. The zero-order chi connectivity index (χ0) is 14.0. The Morgan fingerprint density at radius 3 is 2.53 bits per heavy atom. The lowest BCUT2D eigenvalue weighted by atomic mass is 10.0. The molecule has 0 radical (unpaired) electrons. The van der Waals surface area contributed by atoms with Crippen molar-refractivity contribution in [3.8, 4) is 0 Å². The summed E-state index contributed by atoms with van der Waals surface area (Å²) >= 11 is 14.8. The van der Waals surface area contributed by atoms with Gasteiger partial charge < -0.3 is 0 Å². The van der Waals surface area contributed by atoms with E-state index in [1.54, 1.807) is 24.3 Å². The van der Waals surface area contributed by atoms with Crippen molar-refractivity contribution in [3.05, 3.63) is 67.9 Å². The molecule has 0 aliphatic rings. The summed E-state index contributed by atoms with van der Waals surface area (Å²) in [5, 5.41) is 0.831. The van der Waals surface area contributed by atoms with Crippen molar-refractivity contribution in [2.75, 3.05) is 0 Å². The Morgan fingerprint density at radius 1 is 1.16 bits per heavy atom. The van der Waals surface area contributed by atoms with E-state index in [2.05, 4.69) is 15.9 Å². The van der Waals surface area contributed by atoms with Gasteiger partial charge in [0.25, 0.3) is 0 Å². The van der Waals surface area contributed by atoms with Crippen LogP contribution in [0, 0.1) is 5.82 Å². The van der Waals surface area contributed by atoms with E-state index in [1.165, 1.54) is 12.1 Å². The van der Waals surface area contributed by atoms with Crippen molar-refractivity contribution in [2.45, 2.75) is 6.42 Å². The number of carbonyl (C=O) groups excluding carboxylic acids is 1. The third kappa shape index (κ3) is 3.56. The third-order valence-corrected chi connectivity index (χ3v) is 4.06. The first-order chi connectivity index (χ1) is 8.97. The highest BCUT2D eigenvalue weighted by Crippen LogP contribution is 2.24. The minimum absolute atomic E-state index is 0.0168. The quantitative estimate of drug-likeness (QED) is 0.676. The maximum absolute atomic E-state index is 13.6. The number of rotatable bonds is 3. The van der Waals surface area contributed by atoms with Gasteiger partial charge in [-0.15, -0.1) is 0 Å². The van der Waals surface area contributed by atoms with Crippen LogP contribution in [0.15, 0.2) is 40.9 Å². The van der Waals surface area contributed by atoms with Crippen LogP contribution in [0.2, 0.25) is 10.0 Å². The highest BCUT2D eigenvalue weighted by molar-refractivity contribution is 9.10. The van der Waals surface area contributed by atoms with Crippen molar-refractivity contribution in [1.82, 2.24) is 0 Å². The first-order valence-electron chi connectivity index (χ1n) is 5.39. The SMILES string of the molecule is O=C(Cc1ccc(Cl)cc1F)c1ccc(Cl)c(Br)c1. The molecule has 0 fully saturated rings. The predicted octanol–water partition coefficient (Wildman–Crippen LogP) is 5.32. The molecule has 0 bridgehead atoms. The van der Waals surface area contributed by atoms with Gasteiger partial charge in [-0.05, 0) is 51.8 Å². The van der Waals surface area contributed by atoms with Gasteiger partial charge in [-0.3, -0.25) is 4.79 Å². The Kier molecular flexibility index (Phi) is 4.61. The summed E-state index contributed by atoms with van der Waals surface area (Å²) in [4.78, 5) is 12.1. The molecule has 0 amide bonds. The Balaban J connectivity index is 2.23. The van der Waals surface area contributed by atoms with Gasteiger partial charge in [-0.25, -0.2) is 4.39 Å². The van der Waals surface area contributed by atoms with E-state index >= 15 is 0 Å². The van der Waals surface area contributed by atoms with Crippen molar-refractivity contribution >= 4 is 44.9 Å². The first kappa shape index (κ1) is 14.5. The van der Waals surface area contributed by atoms with Crippen LogP contribution >= 0.6 is 39.1 Å². The first-order valence-corrected chi connectivity index (χ1v) is 6.94. The minimum atomic E-state index is -0.478. The minimum Gasteiger partial charge on any atom is -0.294 e.